The monoisotopic (exact) mass is 472 g/mol. The molecule has 3 heterocycles. The van der Waals surface area contributed by atoms with Crippen molar-refractivity contribution in [1.29, 1.82) is 0 Å². The molecular formula is C24H29FN4O3S. The Kier molecular flexibility index (Phi) is 6.03. The van der Waals surface area contributed by atoms with E-state index < -0.39 is 10.0 Å². The number of hydrogen-bond acceptors (Lipinski definition) is 5. The number of nitrogens with one attached hydrogen (secondary N) is 2. The molecule has 0 bridgehead atoms. The second-order valence-electron chi connectivity index (χ2n) is 8.68. The van der Waals surface area contributed by atoms with Gasteiger partial charge < -0.3 is 19.9 Å². The number of hydrogen-bond donors (Lipinski definition) is 2. The molecule has 0 radical (unpaired) electrons. The van der Waals surface area contributed by atoms with Crippen LogP contribution in [0.25, 0.3) is 10.9 Å². The van der Waals surface area contributed by atoms with Gasteiger partial charge in [-0.25, -0.2) is 12.8 Å². The molecule has 0 saturated carbocycles. The SMILES string of the molecule is COc1ccc(S(=O)(=O)N2CCC(c3c[nH]c4ccc(F)cc34)CC2)cc1N1CCNCC1. The molecule has 2 N–H and O–H groups in total. The van der Waals surface area contributed by atoms with Gasteiger partial charge in [0.2, 0.25) is 10.0 Å². The molecule has 5 rings (SSSR count). The Hall–Kier alpha value is -2.62. The van der Waals surface area contributed by atoms with E-state index in [4.69, 9.17) is 4.74 Å². The largest absolute Gasteiger partial charge is 0.495 e. The quantitative estimate of drug-likeness (QED) is 0.596. The minimum absolute atomic E-state index is 0.194. The van der Waals surface area contributed by atoms with Crippen LogP contribution in [0.3, 0.4) is 0 Å². The van der Waals surface area contributed by atoms with Crippen molar-refractivity contribution in [2.75, 3.05) is 51.3 Å². The summed E-state index contributed by atoms with van der Waals surface area (Å²) < 4.78 is 47.8. The highest BCUT2D eigenvalue weighted by Gasteiger charge is 2.32. The molecule has 9 heteroatoms. The van der Waals surface area contributed by atoms with Crippen LogP contribution in [0.4, 0.5) is 10.1 Å². The predicted molar refractivity (Wildman–Crippen MR) is 127 cm³/mol. The summed E-state index contributed by atoms with van der Waals surface area (Å²) in [7, 11) is -2.01. The normalized spacial score (nSPS) is 18.7. The van der Waals surface area contributed by atoms with Gasteiger partial charge in [0.1, 0.15) is 11.6 Å². The number of piperidine rings is 1. The van der Waals surface area contributed by atoms with E-state index in [1.807, 2.05) is 6.20 Å². The summed E-state index contributed by atoms with van der Waals surface area (Å²) in [4.78, 5) is 5.67. The number of aromatic amines is 1. The van der Waals surface area contributed by atoms with Gasteiger partial charge in [-0.15, -0.1) is 0 Å². The first-order valence-corrected chi connectivity index (χ1v) is 12.8. The van der Waals surface area contributed by atoms with Crippen LogP contribution in [0.2, 0.25) is 0 Å². The molecule has 2 fully saturated rings. The number of piperazine rings is 1. The minimum Gasteiger partial charge on any atom is -0.495 e. The van der Waals surface area contributed by atoms with Crippen molar-refractivity contribution in [3.63, 3.8) is 0 Å². The van der Waals surface area contributed by atoms with Crippen molar-refractivity contribution in [3.05, 3.63) is 54.0 Å². The third kappa shape index (κ3) is 4.20. The summed E-state index contributed by atoms with van der Waals surface area (Å²) in [5, 5.41) is 4.20. The molecule has 176 valence electrons. The van der Waals surface area contributed by atoms with Crippen LogP contribution in [-0.2, 0) is 10.0 Å². The number of fused-ring (bicyclic) bond motifs is 1. The Bertz CT molecular complexity index is 1250. The van der Waals surface area contributed by atoms with E-state index in [1.165, 1.54) is 6.07 Å². The van der Waals surface area contributed by atoms with Crippen LogP contribution in [0.5, 0.6) is 5.75 Å². The zero-order valence-electron chi connectivity index (χ0n) is 18.7. The smallest absolute Gasteiger partial charge is 0.243 e. The van der Waals surface area contributed by atoms with Gasteiger partial charge in [0.15, 0.2) is 0 Å². The zero-order chi connectivity index (χ0) is 23.0. The molecule has 0 aliphatic carbocycles. The summed E-state index contributed by atoms with van der Waals surface area (Å²) in [5.41, 5.74) is 2.78. The Balaban J connectivity index is 1.35. The van der Waals surface area contributed by atoms with Crippen molar-refractivity contribution >= 4 is 26.6 Å². The first-order valence-electron chi connectivity index (χ1n) is 11.4. The van der Waals surface area contributed by atoms with E-state index in [0.717, 1.165) is 48.3 Å². The average Bonchev–Trinajstić information content (AvgIpc) is 3.27. The molecule has 0 unspecified atom stereocenters. The molecule has 2 aliphatic rings. The fraction of sp³-hybridized carbons (Fsp3) is 0.417. The average molecular weight is 473 g/mol. The second-order valence-corrected chi connectivity index (χ2v) is 10.6. The molecule has 3 aromatic rings. The van der Waals surface area contributed by atoms with Crippen molar-refractivity contribution in [1.82, 2.24) is 14.6 Å². The maximum Gasteiger partial charge on any atom is 0.243 e. The zero-order valence-corrected chi connectivity index (χ0v) is 19.5. The fourth-order valence-corrected chi connectivity index (χ4v) is 6.48. The van der Waals surface area contributed by atoms with Gasteiger partial charge in [-0.3, -0.25) is 0 Å². The van der Waals surface area contributed by atoms with Crippen LogP contribution in [0.15, 0.2) is 47.5 Å². The number of benzene rings is 2. The Morgan fingerprint density at radius 1 is 1.03 bits per heavy atom. The van der Waals surface area contributed by atoms with Crippen LogP contribution >= 0.6 is 0 Å². The Labute approximate surface area is 193 Å². The number of sulfonamides is 1. The summed E-state index contributed by atoms with van der Waals surface area (Å²) >= 11 is 0. The highest BCUT2D eigenvalue weighted by Crippen LogP contribution is 2.37. The van der Waals surface area contributed by atoms with Crippen LogP contribution < -0.4 is 15.0 Å². The van der Waals surface area contributed by atoms with Crippen LogP contribution in [-0.4, -0.2) is 64.1 Å². The molecular weight excluding hydrogens is 443 g/mol. The number of nitrogens with zero attached hydrogens (tertiary/aromatic N) is 2. The van der Waals surface area contributed by atoms with Crippen LogP contribution in [0, 0.1) is 5.82 Å². The fourth-order valence-electron chi connectivity index (χ4n) is 4.99. The molecule has 0 spiro atoms. The molecule has 2 saturated heterocycles. The summed E-state index contributed by atoms with van der Waals surface area (Å²) in [6.07, 6.45) is 3.33. The summed E-state index contributed by atoms with van der Waals surface area (Å²) in [6.45, 7) is 4.18. The molecule has 2 aromatic carbocycles. The van der Waals surface area contributed by atoms with Gasteiger partial charge >= 0.3 is 0 Å². The number of H-pyrrole nitrogens is 1. The highest BCUT2D eigenvalue weighted by molar-refractivity contribution is 7.89. The van der Waals surface area contributed by atoms with Gasteiger partial charge in [-0.05, 0) is 60.7 Å². The summed E-state index contributed by atoms with van der Waals surface area (Å²) in [6, 6.07) is 9.87. The standard InChI is InChI=1S/C24H29FN4O3S/c1-32-24-5-3-19(15-23(24)28-12-8-26-9-13-28)33(30,31)29-10-6-17(7-11-29)21-16-27-22-4-2-18(25)14-20(21)22/h2-5,14-17,26-27H,6-13H2,1H3. The Morgan fingerprint density at radius 3 is 2.52 bits per heavy atom. The number of rotatable bonds is 5. The number of halogens is 1. The molecule has 7 nitrogen and oxygen atoms in total. The maximum absolute atomic E-state index is 13.8. The summed E-state index contributed by atoms with van der Waals surface area (Å²) in [5.74, 6) is 0.614. The number of anilines is 1. The van der Waals surface area contributed by atoms with Gasteiger partial charge in [-0.2, -0.15) is 4.31 Å². The predicted octanol–water partition coefficient (Wildman–Crippen LogP) is 3.29. The van der Waals surface area contributed by atoms with Gasteiger partial charge in [0, 0.05) is 56.4 Å². The van der Waals surface area contributed by atoms with Crippen LogP contribution in [0.1, 0.15) is 24.3 Å². The lowest BCUT2D eigenvalue weighted by molar-refractivity contribution is 0.320. The Morgan fingerprint density at radius 2 is 1.79 bits per heavy atom. The molecule has 2 aliphatic heterocycles. The molecule has 0 atom stereocenters. The van der Waals surface area contributed by atoms with Crippen molar-refractivity contribution < 1.29 is 17.5 Å². The van der Waals surface area contributed by atoms with E-state index in [0.29, 0.717) is 36.6 Å². The third-order valence-electron chi connectivity index (χ3n) is 6.82. The highest BCUT2D eigenvalue weighted by atomic mass is 32.2. The lowest BCUT2D eigenvalue weighted by Gasteiger charge is -2.33. The van der Waals surface area contributed by atoms with E-state index in [1.54, 1.807) is 41.7 Å². The number of ether oxygens (including phenoxy) is 1. The van der Waals surface area contributed by atoms with E-state index in [2.05, 4.69) is 15.2 Å². The first-order chi connectivity index (χ1) is 16.0. The third-order valence-corrected chi connectivity index (χ3v) is 8.71. The lowest BCUT2D eigenvalue weighted by Crippen LogP contribution is -2.43. The van der Waals surface area contributed by atoms with E-state index >= 15 is 0 Å². The molecule has 1 aromatic heterocycles. The lowest BCUT2D eigenvalue weighted by atomic mass is 9.90. The van der Waals surface area contributed by atoms with Gasteiger partial charge in [-0.1, -0.05) is 0 Å². The van der Waals surface area contributed by atoms with Crippen molar-refractivity contribution in [2.24, 2.45) is 0 Å². The molecule has 33 heavy (non-hydrogen) atoms. The maximum atomic E-state index is 13.8. The molecule has 0 amide bonds. The number of methoxy groups -OCH3 is 1. The first kappa shape index (κ1) is 22.2. The second kappa shape index (κ2) is 8.96. The minimum atomic E-state index is -3.62. The van der Waals surface area contributed by atoms with Crippen molar-refractivity contribution in [2.45, 2.75) is 23.7 Å². The topological polar surface area (TPSA) is 77.7 Å². The van der Waals surface area contributed by atoms with Gasteiger partial charge in [0.25, 0.3) is 0 Å². The van der Waals surface area contributed by atoms with Gasteiger partial charge in [0.05, 0.1) is 17.7 Å². The van der Waals surface area contributed by atoms with Crippen molar-refractivity contribution in [3.8, 4) is 5.75 Å². The van der Waals surface area contributed by atoms with E-state index in [-0.39, 0.29) is 11.7 Å². The van der Waals surface area contributed by atoms with E-state index in [9.17, 15) is 12.8 Å². The number of aromatic nitrogens is 1.